The molecule has 2 amide bonds. The number of benzene rings is 1. The van der Waals surface area contributed by atoms with Crippen molar-refractivity contribution in [1.29, 1.82) is 0 Å². The second kappa shape index (κ2) is 8.26. The molecule has 0 aromatic heterocycles. The molecular weight excluding hydrogens is 310 g/mol. The third-order valence-corrected chi connectivity index (χ3v) is 5.14. The minimum atomic E-state index is -3.62. The first kappa shape index (κ1) is 17.8. The van der Waals surface area contributed by atoms with Gasteiger partial charge in [0.2, 0.25) is 10.0 Å². The Balaban J connectivity index is 2.27. The fraction of sp³-hybridized carbons (Fsp3) is 0.462. The van der Waals surface area contributed by atoms with Gasteiger partial charge >= 0.3 is 6.03 Å². The van der Waals surface area contributed by atoms with Crippen LogP contribution in [0.2, 0.25) is 0 Å². The van der Waals surface area contributed by atoms with Crippen molar-refractivity contribution in [3.05, 3.63) is 30.3 Å². The van der Waals surface area contributed by atoms with Crippen LogP contribution in [0.4, 0.5) is 4.79 Å². The van der Waals surface area contributed by atoms with E-state index in [1.807, 2.05) is 37.3 Å². The number of carbonyl (C=O) groups excluding carboxylic acids is 1. The quantitative estimate of drug-likeness (QED) is 0.652. The van der Waals surface area contributed by atoms with E-state index in [4.69, 9.17) is 5.14 Å². The van der Waals surface area contributed by atoms with Crippen LogP contribution >= 0.6 is 11.8 Å². The number of rotatable bonds is 7. The lowest BCUT2D eigenvalue weighted by molar-refractivity contribution is 0.241. The van der Waals surface area contributed by atoms with Gasteiger partial charge in [-0.2, -0.15) is 0 Å². The molecule has 0 fully saturated rings. The number of nitrogens with one attached hydrogen (secondary N) is 2. The fourth-order valence-corrected chi connectivity index (χ4v) is 2.69. The molecule has 0 saturated heterocycles. The van der Waals surface area contributed by atoms with E-state index >= 15 is 0 Å². The summed E-state index contributed by atoms with van der Waals surface area (Å²) in [6.07, 6.45) is 0. The Hall–Kier alpha value is -1.25. The number of hydrogen-bond acceptors (Lipinski definition) is 4. The maximum atomic E-state index is 11.6. The van der Waals surface area contributed by atoms with E-state index in [1.165, 1.54) is 6.92 Å². The van der Waals surface area contributed by atoms with Gasteiger partial charge in [-0.1, -0.05) is 25.1 Å². The second-order valence-electron chi connectivity index (χ2n) is 4.73. The summed E-state index contributed by atoms with van der Waals surface area (Å²) >= 11 is 1.66. The molecule has 6 nitrogen and oxygen atoms in total. The molecule has 1 rings (SSSR count). The summed E-state index contributed by atoms with van der Waals surface area (Å²) < 4.78 is 22.0. The van der Waals surface area contributed by atoms with Crippen LogP contribution in [0.1, 0.15) is 13.8 Å². The third kappa shape index (κ3) is 7.35. The standard InChI is InChI=1S/C13H21N3O3S2/c1-10(20-12-6-4-3-5-7-12)8-15-13(17)16-9-11(2)21(14,18)19/h3-7,10-11H,8-9H2,1-2H3,(H2,14,18,19)(H2,15,16,17)/t10-,11-/m0/s1. The predicted molar refractivity (Wildman–Crippen MR) is 85.7 cm³/mol. The minimum absolute atomic E-state index is 0.00905. The zero-order valence-electron chi connectivity index (χ0n) is 12.1. The Bertz CT molecular complexity index is 549. The second-order valence-corrected chi connectivity index (χ2v) is 8.23. The number of nitrogens with two attached hydrogens (primary N) is 1. The lowest BCUT2D eigenvalue weighted by atomic mass is 10.4. The van der Waals surface area contributed by atoms with E-state index in [1.54, 1.807) is 11.8 Å². The summed E-state index contributed by atoms with van der Waals surface area (Å²) in [5, 5.41) is 9.56. The fourth-order valence-electron chi connectivity index (χ4n) is 1.42. The van der Waals surface area contributed by atoms with Crippen LogP contribution in [0.5, 0.6) is 0 Å². The highest BCUT2D eigenvalue weighted by molar-refractivity contribution is 8.00. The molecule has 0 aliphatic carbocycles. The summed E-state index contributed by atoms with van der Waals surface area (Å²) in [6.45, 7) is 3.93. The smallest absolute Gasteiger partial charge is 0.314 e. The highest BCUT2D eigenvalue weighted by atomic mass is 32.2. The monoisotopic (exact) mass is 331 g/mol. The number of hydrogen-bond donors (Lipinski definition) is 3. The van der Waals surface area contributed by atoms with Crippen molar-refractivity contribution >= 4 is 27.8 Å². The number of sulfonamides is 1. The molecule has 0 unspecified atom stereocenters. The van der Waals surface area contributed by atoms with Crippen molar-refractivity contribution in [2.75, 3.05) is 13.1 Å². The first-order valence-electron chi connectivity index (χ1n) is 6.54. The highest BCUT2D eigenvalue weighted by Gasteiger charge is 2.16. The molecule has 0 spiro atoms. The van der Waals surface area contributed by atoms with Gasteiger partial charge < -0.3 is 10.6 Å². The molecule has 0 aliphatic rings. The zero-order chi connectivity index (χ0) is 15.9. The van der Waals surface area contributed by atoms with Gasteiger partial charge in [-0.15, -0.1) is 11.8 Å². The molecule has 1 aromatic rings. The molecule has 21 heavy (non-hydrogen) atoms. The Morgan fingerprint density at radius 2 is 1.76 bits per heavy atom. The lowest BCUT2D eigenvalue weighted by Gasteiger charge is -2.14. The molecule has 4 N–H and O–H groups in total. The van der Waals surface area contributed by atoms with Gasteiger partial charge in [0.25, 0.3) is 0 Å². The molecule has 0 bridgehead atoms. The van der Waals surface area contributed by atoms with Crippen LogP contribution in [0.3, 0.4) is 0 Å². The van der Waals surface area contributed by atoms with Gasteiger partial charge in [0, 0.05) is 23.2 Å². The van der Waals surface area contributed by atoms with Crippen molar-refractivity contribution in [2.45, 2.75) is 29.2 Å². The van der Waals surface area contributed by atoms with Crippen LogP contribution in [-0.4, -0.2) is 38.0 Å². The SMILES string of the molecule is C[C@@H](CNC(=O)NC[C@H](C)S(N)(=O)=O)Sc1ccccc1. The molecule has 1 aromatic carbocycles. The highest BCUT2D eigenvalue weighted by Crippen LogP contribution is 2.21. The van der Waals surface area contributed by atoms with Crippen LogP contribution in [0.15, 0.2) is 35.2 Å². The Kier molecular flexibility index (Phi) is 7.00. The van der Waals surface area contributed by atoms with Crippen LogP contribution in [0.25, 0.3) is 0 Å². The van der Waals surface area contributed by atoms with Gasteiger partial charge in [-0.05, 0) is 19.1 Å². The Labute approximate surface area is 129 Å². The van der Waals surface area contributed by atoms with Crippen molar-refractivity contribution in [1.82, 2.24) is 10.6 Å². The molecule has 8 heteroatoms. The molecule has 0 aliphatic heterocycles. The van der Waals surface area contributed by atoms with Gasteiger partial charge in [0.1, 0.15) is 0 Å². The van der Waals surface area contributed by atoms with Crippen molar-refractivity contribution in [2.24, 2.45) is 5.14 Å². The predicted octanol–water partition coefficient (Wildman–Crippen LogP) is 1.14. The zero-order valence-corrected chi connectivity index (χ0v) is 13.7. The summed E-state index contributed by atoms with van der Waals surface area (Å²) in [6, 6.07) is 9.50. The maximum absolute atomic E-state index is 11.6. The molecule has 0 heterocycles. The summed E-state index contributed by atoms with van der Waals surface area (Å²) in [5.41, 5.74) is 0. The van der Waals surface area contributed by atoms with Gasteiger partial charge in [-0.25, -0.2) is 18.4 Å². The number of carbonyl (C=O) groups is 1. The molecule has 0 saturated carbocycles. The Morgan fingerprint density at radius 1 is 1.19 bits per heavy atom. The summed E-state index contributed by atoms with van der Waals surface area (Å²) in [4.78, 5) is 12.7. The maximum Gasteiger partial charge on any atom is 0.314 e. The molecule has 118 valence electrons. The lowest BCUT2D eigenvalue weighted by Crippen LogP contribution is -2.43. The largest absolute Gasteiger partial charge is 0.337 e. The molecule has 2 atom stereocenters. The average Bonchev–Trinajstić information content (AvgIpc) is 2.42. The van der Waals surface area contributed by atoms with E-state index in [-0.39, 0.29) is 11.8 Å². The number of primary sulfonamides is 1. The molecular formula is C13H21N3O3S2. The van der Waals surface area contributed by atoms with E-state index in [9.17, 15) is 13.2 Å². The normalized spacial score (nSPS) is 14.2. The average molecular weight is 331 g/mol. The first-order chi connectivity index (χ1) is 9.79. The van der Waals surface area contributed by atoms with E-state index in [0.717, 1.165) is 4.90 Å². The summed E-state index contributed by atoms with van der Waals surface area (Å²) in [5.74, 6) is 0. The first-order valence-corrected chi connectivity index (χ1v) is 9.03. The van der Waals surface area contributed by atoms with Crippen LogP contribution < -0.4 is 15.8 Å². The minimum Gasteiger partial charge on any atom is -0.337 e. The van der Waals surface area contributed by atoms with Crippen molar-refractivity contribution in [3.8, 4) is 0 Å². The van der Waals surface area contributed by atoms with E-state index in [2.05, 4.69) is 10.6 Å². The van der Waals surface area contributed by atoms with E-state index in [0.29, 0.717) is 6.54 Å². The number of urea groups is 1. The van der Waals surface area contributed by atoms with Crippen LogP contribution in [0, 0.1) is 0 Å². The van der Waals surface area contributed by atoms with Gasteiger partial charge in [0.15, 0.2) is 0 Å². The topological polar surface area (TPSA) is 101 Å². The number of thioether (sulfide) groups is 1. The third-order valence-electron chi connectivity index (χ3n) is 2.74. The number of amides is 2. The van der Waals surface area contributed by atoms with Crippen LogP contribution in [-0.2, 0) is 10.0 Å². The van der Waals surface area contributed by atoms with Gasteiger partial charge in [0.05, 0.1) is 5.25 Å². The van der Waals surface area contributed by atoms with Crippen molar-refractivity contribution in [3.63, 3.8) is 0 Å². The summed E-state index contributed by atoms with van der Waals surface area (Å²) in [7, 11) is -3.62. The van der Waals surface area contributed by atoms with Gasteiger partial charge in [-0.3, -0.25) is 0 Å². The van der Waals surface area contributed by atoms with Crippen molar-refractivity contribution < 1.29 is 13.2 Å². The molecule has 0 radical (unpaired) electrons. The Morgan fingerprint density at radius 3 is 2.33 bits per heavy atom. The van der Waals surface area contributed by atoms with E-state index < -0.39 is 21.3 Å².